The lowest BCUT2D eigenvalue weighted by atomic mass is 9.40. The van der Waals surface area contributed by atoms with Gasteiger partial charge in [0.25, 0.3) is 0 Å². The molecule has 4 aliphatic rings. The highest BCUT2D eigenvalue weighted by molar-refractivity contribution is 5.83. The molecule has 0 spiro atoms. The van der Waals surface area contributed by atoms with E-state index in [-0.39, 0.29) is 5.41 Å². The molecule has 0 heterocycles. The van der Waals surface area contributed by atoms with E-state index in [0.29, 0.717) is 22.7 Å². The molecule has 21 heavy (non-hydrogen) atoms. The molecule has 0 aromatic rings. The zero-order valence-electron chi connectivity index (χ0n) is 14.2. The summed E-state index contributed by atoms with van der Waals surface area (Å²) in [5.74, 6) is 1.64. The van der Waals surface area contributed by atoms with Crippen LogP contribution in [0.5, 0.6) is 0 Å². The van der Waals surface area contributed by atoms with Crippen molar-refractivity contribution < 1.29 is 4.79 Å². The second-order valence-corrected chi connectivity index (χ2v) is 9.28. The first-order valence-electron chi connectivity index (χ1n) is 8.71. The Balaban J connectivity index is 1.71. The maximum absolute atomic E-state index is 13.0. The summed E-state index contributed by atoms with van der Waals surface area (Å²) in [7, 11) is 1.97. The van der Waals surface area contributed by atoms with Gasteiger partial charge in [-0.15, -0.1) is 0 Å². The van der Waals surface area contributed by atoms with E-state index in [9.17, 15) is 4.79 Å². The van der Waals surface area contributed by atoms with E-state index in [2.05, 4.69) is 31.4 Å². The fraction of sp³-hybridized carbons (Fsp3) is 0.944. The van der Waals surface area contributed by atoms with Gasteiger partial charge in [-0.2, -0.15) is 0 Å². The molecule has 0 radical (unpaired) electrons. The lowest BCUT2D eigenvalue weighted by molar-refractivity contribution is -0.170. The van der Waals surface area contributed by atoms with Crippen molar-refractivity contribution >= 4 is 5.91 Å². The van der Waals surface area contributed by atoms with Crippen molar-refractivity contribution in [2.75, 3.05) is 20.1 Å². The standard InChI is InChI=1S/C18H32N2O/c1-13(8-19-4)9-20-15(21)18-7-14-5-16(2,11-18)10-17(3,6-14)12-18/h13-14,19H,5-12H2,1-4H3,(H,20,21). The van der Waals surface area contributed by atoms with Crippen LogP contribution >= 0.6 is 0 Å². The van der Waals surface area contributed by atoms with Gasteiger partial charge in [-0.3, -0.25) is 4.79 Å². The summed E-state index contributed by atoms with van der Waals surface area (Å²) in [6.45, 7) is 8.83. The summed E-state index contributed by atoms with van der Waals surface area (Å²) in [5, 5.41) is 6.47. The monoisotopic (exact) mass is 292 g/mol. The van der Waals surface area contributed by atoms with Gasteiger partial charge in [-0.25, -0.2) is 0 Å². The van der Waals surface area contributed by atoms with Gasteiger partial charge in [0.2, 0.25) is 5.91 Å². The number of rotatable bonds is 5. The number of hydrogen-bond donors (Lipinski definition) is 2. The minimum Gasteiger partial charge on any atom is -0.355 e. The molecule has 1 amide bonds. The highest BCUT2D eigenvalue weighted by Crippen LogP contribution is 2.69. The fourth-order valence-electron chi connectivity index (χ4n) is 6.58. The van der Waals surface area contributed by atoms with Gasteiger partial charge in [0.15, 0.2) is 0 Å². The van der Waals surface area contributed by atoms with Crippen LogP contribution in [0.3, 0.4) is 0 Å². The second kappa shape index (κ2) is 4.97. The highest BCUT2D eigenvalue weighted by atomic mass is 16.2. The maximum Gasteiger partial charge on any atom is 0.226 e. The van der Waals surface area contributed by atoms with Crippen molar-refractivity contribution in [1.82, 2.24) is 10.6 Å². The van der Waals surface area contributed by atoms with Crippen molar-refractivity contribution in [2.45, 2.75) is 59.3 Å². The Kier molecular flexibility index (Phi) is 3.63. The highest BCUT2D eigenvalue weighted by Gasteiger charge is 2.62. The van der Waals surface area contributed by atoms with E-state index >= 15 is 0 Å². The van der Waals surface area contributed by atoms with E-state index in [0.717, 1.165) is 38.3 Å². The van der Waals surface area contributed by atoms with Crippen LogP contribution in [0.2, 0.25) is 0 Å². The Morgan fingerprint density at radius 3 is 2.24 bits per heavy atom. The zero-order chi connectivity index (χ0) is 15.3. The third kappa shape index (κ3) is 2.74. The first-order valence-corrected chi connectivity index (χ1v) is 8.71. The summed E-state index contributed by atoms with van der Waals surface area (Å²) in [4.78, 5) is 13.0. The Morgan fingerprint density at radius 1 is 1.10 bits per heavy atom. The van der Waals surface area contributed by atoms with Gasteiger partial charge in [-0.1, -0.05) is 20.8 Å². The summed E-state index contributed by atoms with van der Waals surface area (Å²) in [5.41, 5.74) is 0.784. The lowest BCUT2D eigenvalue weighted by Gasteiger charge is -2.64. The van der Waals surface area contributed by atoms with Gasteiger partial charge in [0.1, 0.15) is 0 Å². The van der Waals surface area contributed by atoms with Gasteiger partial charge in [0, 0.05) is 6.54 Å². The molecule has 0 saturated heterocycles. The summed E-state index contributed by atoms with van der Waals surface area (Å²) < 4.78 is 0. The van der Waals surface area contributed by atoms with Crippen LogP contribution in [0.25, 0.3) is 0 Å². The van der Waals surface area contributed by atoms with Gasteiger partial charge in [0.05, 0.1) is 5.41 Å². The average Bonchev–Trinajstić information content (AvgIpc) is 2.31. The molecule has 0 aliphatic heterocycles. The molecule has 3 nitrogen and oxygen atoms in total. The van der Waals surface area contributed by atoms with E-state index in [1.165, 1.54) is 19.3 Å². The Bertz CT molecular complexity index is 415. The molecule has 4 saturated carbocycles. The van der Waals surface area contributed by atoms with Gasteiger partial charge < -0.3 is 10.6 Å². The smallest absolute Gasteiger partial charge is 0.226 e. The first-order chi connectivity index (χ1) is 9.78. The Labute approximate surface area is 129 Å². The Morgan fingerprint density at radius 2 is 1.71 bits per heavy atom. The third-order valence-electron chi connectivity index (χ3n) is 6.27. The molecular formula is C18H32N2O. The van der Waals surface area contributed by atoms with Crippen molar-refractivity contribution in [3.05, 3.63) is 0 Å². The fourth-order valence-corrected chi connectivity index (χ4v) is 6.58. The molecule has 2 N–H and O–H groups in total. The molecule has 120 valence electrons. The number of carbonyl (C=O) groups is 1. The number of carbonyl (C=O) groups excluding carboxylic acids is 1. The number of amides is 1. The zero-order valence-corrected chi connectivity index (χ0v) is 14.2. The van der Waals surface area contributed by atoms with Crippen molar-refractivity contribution in [2.24, 2.45) is 28.1 Å². The minimum absolute atomic E-state index is 0.0533. The quantitative estimate of drug-likeness (QED) is 0.818. The first kappa shape index (κ1) is 15.3. The summed E-state index contributed by atoms with van der Waals surface area (Å²) >= 11 is 0. The van der Waals surface area contributed by atoms with E-state index < -0.39 is 0 Å². The van der Waals surface area contributed by atoms with E-state index in [4.69, 9.17) is 0 Å². The molecule has 3 heteroatoms. The molecule has 0 aromatic carbocycles. The molecule has 0 aromatic heterocycles. The van der Waals surface area contributed by atoms with E-state index in [1.54, 1.807) is 0 Å². The third-order valence-corrected chi connectivity index (χ3v) is 6.27. The largest absolute Gasteiger partial charge is 0.355 e. The van der Waals surface area contributed by atoms with Crippen LogP contribution in [0.4, 0.5) is 0 Å². The molecule has 4 fully saturated rings. The Hall–Kier alpha value is -0.570. The van der Waals surface area contributed by atoms with E-state index in [1.807, 2.05) is 7.05 Å². The van der Waals surface area contributed by atoms with Crippen LogP contribution in [0, 0.1) is 28.1 Å². The number of hydrogen-bond acceptors (Lipinski definition) is 2. The van der Waals surface area contributed by atoms with Crippen LogP contribution in [-0.4, -0.2) is 26.0 Å². The van der Waals surface area contributed by atoms with Crippen LogP contribution in [0.15, 0.2) is 0 Å². The molecule has 3 unspecified atom stereocenters. The van der Waals surface area contributed by atoms with Crippen molar-refractivity contribution in [1.29, 1.82) is 0 Å². The maximum atomic E-state index is 13.0. The van der Waals surface area contributed by atoms with Crippen molar-refractivity contribution in [3.8, 4) is 0 Å². The van der Waals surface area contributed by atoms with Crippen LogP contribution in [0.1, 0.15) is 59.3 Å². The van der Waals surface area contributed by atoms with Crippen LogP contribution in [-0.2, 0) is 4.79 Å². The lowest BCUT2D eigenvalue weighted by Crippen LogP contribution is -2.60. The second-order valence-electron chi connectivity index (χ2n) is 9.28. The molecule has 4 aliphatic carbocycles. The topological polar surface area (TPSA) is 41.1 Å². The van der Waals surface area contributed by atoms with Gasteiger partial charge in [-0.05, 0) is 74.8 Å². The molecule has 4 rings (SSSR count). The normalized spacial score (nSPS) is 45.6. The summed E-state index contributed by atoms with van der Waals surface area (Å²) in [6, 6.07) is 0. The number of nitrogens with one attached hydrogen (secondary N) is 2. The van der Waals surface area contributed by atoms with Crippen LogP contribution < -0.4 is 10.6 Å². The van der Waals surface area contributed by atoms with Gasteiger partial charge >= 0.3 is 0 Å². The predicted molar refractivity (Wildman–Crippen MR) is 85.9 cm³/mol. The SMILES string of the molecule is CNCC(C)CNC(=O)C12CC3CC(C)(CC(C)(C3)C1)C2. The molecular weight excluding hydrogens is 260 g/mol. The summed E-state index contributed by atoms with van der Waals surface area (Å²) in [6.07, 6.45) is 7.43. The predicted octanol–water partition coefficient (Wildman–Crippen LogP) is 2.95. The minimum atomic E-state index is -0.0533. The molecule has 3 atom stereocenters. The average molecular weight is 292 g/mol. The molecule has 4 bridgehead atoms. The van der Waals surface area contributed by atoms with Crippen molar-refractivity contribution in [3.63, 3.8) is 0 Å².